The third kappa shape index (κ3) is 3.28. The molecule has 0 aromatic heterocycles. The molecule has 0 radical (unpaired) electrons. The second-order valence-electron chi connectivity index (χ2n) is 6.62. The van der Waals surface area contributed by atoms with Crippen LogP contribution < -0.4 is 10.2 Å². The van der Waals surface area contributed by atoms with Crippen molar-refractivity contribution in [1.82, 2.24) is 0 Å². The van der Waals surface area contributed by atoms with Crippen LogP contribution in [0.15, 0.2) is 66.7 Å². The Bertz CT molecular complexity index is 916. The Kier molecular flexibility index (Phi) is 4.59. The van der Waals surface area contributed by atoms with E-state index in [2.05, 4.69) is 22.3 Å². The number of methoxy groups -OCH3 is 1. The third-order valence-electron chi connectivity index (χ3n) is 5.00. The van der Waals surface area contributed by atoms with E-state index in [1.54, 1.807) is 7.11 Å². The lowest BCUT2D eigenvalue weighted by Gasteiger charge is -2.18. The number of fused-ring (bicyclic) bond motifs is 1. The van der Waals surface area contributed by atoms with Crippen LogP contribution in [0.1, 0.15) is 16.8 Å². The molecule has 1 unspecified atom stereocenters. The Morgan fingerprint density at radius 1 is 1.04 bits per heavy atom. The molecular formula is C22H22N2O2. The summed E-state index contributed by atoms with van der Waals surface area (Å²) in [5, 5.41) is 5.04. The summed E-state index contributed by atoms with van der Waals surface area (Å²) in [5.41, 5.74) is 2.65. The van der Waals surface area contributed by atoms with Crippen molar-refractivity contribution in [2.75, 3.05) is 30.4 Å². The number of amides is 1. The van der Waals surface area contributed by atoms with Crippen LogP contribution in [0.5, 0.6) is 0 Å². The molecule has 1 N–H and O–H groups in total. The summed E-state index contributed by atoms with van der Waals surface area (Å²) >= 11 is 0. The number of carbonyl (C=O) groups excluding carboxylic acids is 1. The van der Waals surface area contributed by atoms with Gasteiger partial charge in [0, 0.05) is 37.1 Å². The lowest BCUT2D eigenvalue weighted by molar-refractivity contribution is 0.102. The lowest BCUT2D eigenvalue weighted by Crippen LogP contribution is -2.22. The van der Waals surface area contributed by atoms with Gasteiger partial charge in [0.2, 0.25) is 0 Å². The van der Waals surface area contributed by atoms with Crippen LogP contribution in [-0.4, -0.2) is 32.2 Å². The zero-order valence-electron chi connectivity index (χ0n) is 14.8. The number of ether oxygens (including phenoxy) is 1. The maximum Gasteiger partial charge on any atom is 0.256 e. The van der Waals surface area contributed by atoms with Crippen molar-refractivity contribution >= 4 is 28.1 Å². The summed E-state index contributed by atoms with van der Waals surface area (Å²) in [7, 11) is 1.76. The fraction of sp³-hybridized carbons (Fsp3) is 0.227. The highest BCUT2D eigenvalue weighted by molar-refractivity contribution is 6.12. The van der Waals surface area contributed by atoms with Gasteiger partial charge < -0.3 is 15.0 Å². The van der Waals surface area contributed by atoms with Crippen LogP contribution in [0, 0.1) is 0 Å². The standard InChI is InChI=1S/C22H22N2O2/c1-26-19-13-14-24(15-19)18-11-9-17(10-12-18)23-22(25)21-8-4-6-16-5-2-3-7-20(16)21/h2-12,19H,13-15H2,1H3,(H,23,25). The molecule has 1 saturated heterocycles. The molecule has 1 aliphatic rings. The number of hydrogen-bond donors (Lipinski definition) is 1. The zero-order chi connectivity index (χ0) is 17.9. The van der Waals surface area contributed by atoms with Gasteiger partial charge in [0.25, 0.3) is 5.91 Å². The molecule has 1 atom stereocenters. The average molecular weight is 346 g/mol. The monoisotopic (exact) mass is 346 g/mol. The molecule has 1 amide bonds. The molecule has 0 spiro atoms. The molecule has 1 fully saturated rings. The molecule has 3 aromatic carbocycles. The number of nitrogens with one attached hydrogen (secondary N) is 1. The minimum absolute atomic E-state index is 0.0878. The Morgan fingerprint density at radius 2 is 1.81 bits per heavy atom. The Labute approximate surface area is 153 Å². The van der Waals surface area contributed by atoms with E-state index in [9.17, 15) is 4.79 Å². The number of anilines is 2. The van der Waals surface area contributed by atoms with Gasteiger partial charge >= 0.3 is 0 Å². The highest BCUT2D eigenvalue weighted by Gasteiger charge is 2.22. The molecule has 0 saturated carbocycles. The average Bonchev–Trinajstić information content (AvgIpc) is 3.17. The number of nitrogens with zero attached hydrogens (tertiary/aromatic N) is 1. The number of hydrogen-bond acceptors (Lipinski definition) is 3. The summed E-state index contributed by atoms with van der Waals surface area (Å²) in [6.07, 6.45) is 1.36. The molecule has 26 heavy (non-hydrogen) atoms. The summed E-state index contributed by atoms with van der Waals surface area (Å²) < 4.78 is 5.42. The zero-order valence-corrected chi connectivity index (χ0v) is 14.8. The first-order valence-corrected chi connectivity index (χ1v) is 8.91. The van der Waals surface area contributed by atoms with Gasteiger partial charge in [0.1, 0.15) is 0 Å². The van der Waals surface area contributed by atoms with E-state index in [-0.39, 0.29) is 5.91 Å². The van der Waals surface area contributed by atoms with Gasteiger partial charge in [-0.15, -0.1) is 0 Å². The summed E-state index contributed by atoms with van der Waals surface area (Å²) in [4.78, 5) is 15.0. The first kappa shape index (κ1) is 16.6. The van der Waals surface area contributed by atoms with Gasteiger partial charge in [-0.1, -0.05) is 36.4 Å². The molecule has 4 rings (SSSR count). The SMILES string of the molecule is COC1CCN(c2ccc(NC(=O)c3cccc4ccccc34)cc2)C1. The van der Waals surface area contributed by atoms with Crippen molar-refractivity contribution in [2.24, 2.45) is 0 Å². The number of benzene rings is 3. The van der Waals surface area contributed by atoms with E-state index in [1.807, 2.05) is 54.6 Å². The van der Waals surface area contributed by atoms with Crippen LogP contribution in [0.3, 0.4) is 0 Å². The Balaban J connectivity index is 1.49. The van der Waals surface area contributed by atoms with Gasteiger partial charge in [-0.3, -0.25) is 4.79 Å². The van der Waals surface area contributed by atoms with E-state index in [0.29, 0.717) is 11.7 Å². The molecule has 1 aliphatic heterocycles. The maximum atomic E-state index is 12.7. The van der Waals surface area contributed by atoms with Crippen molar-refractivity contribution in [3.63, 3.8) is 0 Å². The second kappa shape index (κ2) is 7.18. The first-order valence-electron chi connectivity index (χ1n) is 8.91. The van der Waals surface area contributed by atoms with Crippen molar-refractivity contribution < 1.29 is 9.53 Å². The minimum atomic E-state index is -0.0878. The molecule has 3 aromatic rings. The predicted octanol–water partition coefficient (Wildman–Crippen LogP) is 4.32. The summed E-state index contributed by atoms with van der Waals surface area (Å²) in [6.45, 7) is 1.92. The Morgan fingerprint density at radius 3 is 2.58 bits per heavy atom. The van der Waals surface area contributed by atoms with Gasteiger partial charge in [0.05, 0.1) is 6.10 Å². The second-order valence-corrected chi connectivity index (χ2v) is 6.62. The largest absolute Gasteiger partial charge is 0.380 e. The van der Waals surface area contributed by atoms with E-state index < -0.39 is 0 Å². The molecule has 1 heterocycles. The van der Waals surface area contributed by atoms with E-state index in [0.717, 1.165) is 41.7 Å². The highest BCUT2D eigenvalue weighted by Crippen LogP contribution is 2.24. The van der Waals surface area contributed by atoms with Crippen LogP contribution in [0.25, 0.3) is 10.8 Å². The fourth-order valence-electron chi connectivity index (χ4n) is 3.53. The molecule has 132 valence electrons. The van der Waals surface area contributed by atoms with Crippen molar-refractivity contribution in [1.29, 1.82) is 0 Å². The van der Waals surface area contributed by atoms with Crippen LogP contribution in [-0.2, 0) is 4.74 Å². The van der Waals surface area contributed by atoms with E-state index in [4.69, 9.17) is 4.74 Å². The molecule has 0 aliphatic carbocycles. The number of carbonyl (C=O) groups is 1. The summed E-state index contributed by atoms with van der Waals surface area (Å²) in [6, 6.07) is 21.7. The molecule has 4 heteroatoms. The normalized spacial score (nSPS) is 16.8. The highest BCUT2D eigenvalue weighted by atomic mass is 16.5. The molecule has 4 nitrogen and oxygen atoms in total. The van der Waals surface area contributed by atoms with Gasteiger partial charge in [0.15, 0.2) is 0 Å². The van der Waals surface area contributed by atoms with Crippen molar-refractivity contribution in [3.05, 3.63) is 72.3 Å². The van der Waals surface area contributed by atoms with Gasteiger partial charge in [-0.2, -0.15) is 0 Å². The smallest absolute Gasteiger partial charge is 0.256 e. The van der Waals surface area contributed by atoms with E-state index in [1.165, 1.54) is 0 Å². The summed E-state index contributed by atoms with van der Waals surface area (Å²) in [5.74, 6) is -0.0878. The Hall–Kier alpha value is -2.85. The number of rotatable bonds is 4. The van der Waals surface area contributed by atoms with Crippen LogP contribution >= 0.6 is 0 Å². The van der Waals surface area contributed by atoms with Gasteiger partial charge in [-0.05, 0) is 47.5 Å². The molecular weight excluding hydrogens is 324 g/mol. The topological polar surface area (TPSA) is 41.6 Å². The first-order chi connectivity index (χ1) is 12.7. The van der Waals surface area contributed by atoms with Crippen molar-refractivity contribution in [3.8, 4) is 0 Å². The van der Waals surface area contributed by atoms with Crippen molar-refractivity contribution in [2.45, 2.75) is 12.5 Å². The minimum Gasteiger partial charge on any atom is -0.380 e. The maximum absolute atomic E-state index is 12.7. The third-order valence-corrected chi connectivity index (χ3v) is 5.00. The quantitative estimate of drug-likeness (QED) is 0.765. The van der Waals surface area contributed by atoms with Crippen LogP contribution in [0.4, 0.5) is 11.4 Å². The van der Waals surface area contributed by atoms with Gasteiger partial charge in [-0.25, -0.2) is 0 Å². The van der Waals surface area contributed by atoms with E-state index >= 15 is 0 Å². The fourth-order valence-corrected chi connectivity index (χ4v) is 3.53. The predicted molar refractivity (Wildman–Crippen MR) is 106 cm³/mol. The lowest BCUT2D eigenvalue weighted by atomic mass is 10.0. The van der Waals surface area contributed by atoms with Crippen LogP contribution in [0.2, 0.25) is 0 Å². The molecule has 0 bridgehead atoms.